The standard InChI is InChI=1S/C16H21N3O5S/c20-15(19-8-2-4-14(19)16(21)22)12-5-9-18(10-6-12)25(23,24)13-3-1-7-17-11-13/h1,3,7,11-12,14H,2,4-6,8-10H2,(H,21,22). The first-order chi connectivity index (χ1) is 11.9. The summed E-state index contributed by atoms with van der Waals surface area (Å²) in [6, 6.07) is 2.33. The monoisotopic (exact) mass is 367 g/mol. The van der Waals surface area contributed by atoms with Crippen LogP contribution < -0.4 is 0 Å². The minimum atomic E-state index is -3.60. The molecule has 0 bridgehead atoms. The summed E-state index contributed by atoms with van der Waals surface area (Å²) in [5, 5.41) is 9.22. The lowest BCUT2D eigenvalue weighted by atomic mass is 9.96. The molecule has 1 atom stereocenters. The van der Waals surface area contributed by atoms with E-state index < -0.39 is 22.0 Å². The fraction of sp³-hybridized carbons (Fsp3) is 0.562. The summed E-state index contributed by atoms with van der Waals surface area (Å²) in [6.07, 6.45) is 4.81. The van der Waals surface area contributed by atoms with Crippen LogP contribution in [0.5, 0.6) is 0 Å². The van der Waals surface area contributed by atoms with Crippen molar-refractivity contribution in [2.24, 2.45) is 5.92 Å². The van der Waals surface area contributed by atoms with Crippen LogP contribution in [-0.2, 0) is 19.6 Å². The summed E-state index contributed by atoms with van der Waals surface area (Å²) in [5.41, 5.74) is 0. The summed E-state index contributed by atoms with van der Waals surface area (Å²) in [7, 11) is -3.60. The van der Waals surface area contributed by atoms with E-state index in [1.807, 2.05) is 0 Å². The quantitative estimate of drug-likeness (QED) is 0.833. The van der Waals surface area contributed by atoms with E-state index in [1.54, 1.807) is 6.07 Å². The van der Waals surface area contributed by atoms with Crippen LogP contribution in [-0.4, -0.2) is 65.3 Å². The van der Waals surface area contributed by atoms with E-state index in [1.165, 1.54) is 27.7 Å². The van der Waals surface area contributed by atoms with E-state index in [0.717, 1.165) is 0 Å². The highest BCUT2D eigenvalue weighted by atomic mass is 32.2. The summed E-state index contributed by atoms with van der Waals surface area (Å²) in [4.78, 5) is 29.3. The van der Waals surface area contributed by atoms with Crippen molar-refractivity contribution in [2.45, 2.75) is 36.6 Å². The van der Waals surface area contributed by atoms with E-state index in [2.05, 4.69) is 4.98 Å². The number of amides is 1. The maximum Gasteiger partial charge on any atom is 0.326 e. The minimum absolute atomic E-state index is 0.144. The molecule has 3 heterocycles. The van der Waals surface area contributed by atoms with Crippen molar-refractivity contribution in [3.63, 3.8) is 0 Å². The molecule has 0 radical (unpaired) electrons. The maximum atomic E-state index is 12.6. The normalized spacial score (nSPS) is 22.9. The Labute approximate surface area is 146 Å². The Kier molecular flexibility index (Phi) is 5.05. The second-order valence-corrected chi connectivity index (χ2v) is 8.33. The van der Waals surface area contributed by atoms with Gasteiger partial charge in [0.25, 0.3) is 0 Å². The van der Waals surface area contributed by atoms with Crippen molar-refractivity contribution in [2.75, 3.05) is 19.6 Å². The van der Waals surface area contributed by atoms with Crippen molar-refractivity contribution in [1.29, 1.82) is 0 Å². The first-order valence-electron chi connectivity index (χ1n) is 8.34. The van der Waals surface area contributed by atoms with E-state index in [4.69, 9.17) is 0 Å². The van der Waals surface area contributed by atoms with E-state index >= 15 is 0 Å². The number of aromatic nitrogens is 1. The fourth-order valence-electron chi connectivity index (χ4n) is 3.51. The van der Waals surface area contributed by atoms with Gasteiger partial charge in [0.05, 0.1) is 0 Å². The molecule has 0 aromatic carbocycles. The number of pyridine rings is 1. The summed E-state index contributed by atoms with van der Waals surface area (Å²) in [5.74, 6) is -1.45. The number of hydrogen-bond donors (Lipinski definition) is 1. The Hall–Kier alpha value is -2.00. The molecule has 1 unspecified atom stereocenters. The van der Waals surface area contributed by atoms with Crippen molar-refractivity contribution < 1.29 is 23.1 Å². The molecule has 136 valence electrons. The van der Waals surface area contributed by atoms with Gasteiger partial charge in [-0.3, -0.25) is 9.78 Å². The third-order valence-corrected chi connectivity index (χ3v) is 6.78. The van der Waals surface area contributed by atoms with Gasteiger partial charge in [-0.2, -0.15) is 4.31 Å². The third kappa shape index (κ3) is 3.52. The highest BCUT2D eigenvalue weighted by molar-refractivity contribution is 7.89. The highest BCUT2D eigenvalue weighted by Crippen LogP contribution is 2.27. The first kappa shape index (κ1) is 17.8. The van der Waals surface area contributed by atoms with Gasteiger partial charge < -0.3 is 10.0 Å². The Balaban J connectivity index is 1.64. The Bertz CT molecular complexity index is 744. The number of carboxylic acid groups (broad SMARTS) is 1. The number of hydrogen-bond acceptors (Lipinski definition) is 5. The van der Waals surface area contributed by atoms with Gasteiger partial charge in [0.1, 0.15) is 10.9 Å². The van der Waals surface area contributed by atoms with Crippen molar-refractivity contribution in [1.82, 2.24) is 14.2 Å². The lowest BCUT2D eigenvalue weighted by Crippen LogP contribution is -2.47. The molecule has 0 aliphatic carbocycles. The number of carbonyl (C=O) groups excluding carboxylic acids is 1. The molecule has 1 aromatic rings. The molecule has 2 fully saturated rings. The number of rotatable bonds is 4. The molecule has 1 N–H and O–H groups in total. The van der Waals surface area contributed by atoms with Gasteiger partial charge in [-0.1, -0.05) is 0 Å². The van der Waals surface area contributed by atoms with Gasteiger partial charge >= 0.3 is 5.97 Å². The number of sulfonamides is 1. The number of nitrogens with zero attached hydrogens (tertiary/aromatic N) is 3. The van der Waals surface area contributed by atoms with Crippen molar-refractivity contribution in [3.8, 4) is 0 Å². The van der Waals surface area contributed by atoms with E-state index in [-0.39, 0.29) is 29.8 Å². The molecule has 2 aliphatic heterocycles. The van der Waals surface area contributed by atoms with Gasteiger partial charge in [0.2, 0.25) is 15.9 Å². The van der Waals surface area contributed by atoms with Crippen LogP contribution in [0.2, 0.25) is 0 Å². The second-order valence-electron chi connectivity index (χ2n) is 6.39. The third-order valence-electron chi connectivity index (χ3n) is 4.90. The molecule has 25 heavy (non-hydrogen) atoms. The van der Waals surface area contributed by atoms with Crippen LogP contribution in [0, 0.1) is 5.92 Å². The largest absolute Gasteiger partial charge is 0.480 e. The van der Waals surface area contributed by atoms with Gasteiger partial charge in [-0.15, -0.1) is 0 Å². The van der Waals surface area contributed by atoms with Gasteiger partial charge in [0.15, 0.2) is 0 Å². The van der Waals surface area contributed by atoms with Crippen LogP contribution in [0.1, 0.15) is 25.7 Å². The van der Waals surface area contributed by atoms with Crippen LogP contribution in [0.15, 0.2) is 29.4 Å². The topological polar surface area (TPSA) is 108 Å². The van der Waals surface area contributed by atoms with Crippen molar-refractivity contribution in [3.05, 3.63) is 24.5 Å². The molecular formula is C16H21N3O5S. The van der Waals surface area contributed by atoms with Crippen LogP contribution in [0.4, 0.5) is 0 Å². The van der Waals surface area contributed by atoms with Crippen molar-refractivity contribution >= 4 is 21.9 Å². The van der Waals surface area contributed by atoms with Gasteiger partial charge in [0, 0.05) is 37.9 Å². The second kappa shape index (κ2) is 7.09. The van der Waals surface area contributed by atoms with Gasteiger partial charge in [-0.25, -0.2) is 13.2 Å². The zero-order valence-electron chi connectivity index (χ0n) is 13.7. The van der Waals surface area contributed by atoms with Crippen LogP contribution in [0.3, 0.4) is 0 Å². The predicted octanol–water partition coefficient (Wildman–Crippen LogP) is 0.558. The Morgan fingerprint density at radius 2 is 1.88 bits per heavy atom. The SMILES string of the molecule is O=C(O)C1CCCN1C(=O)C1CCN(S(=O)(=O)c2cccnc2)CC1. The summed E-state index contributed by atoms with van der Waals surface area (Å²) < 4.78 is 26.5. The molecule has 8 nitrogen and oxygen atoms in total. The number of aliphatic carboxylic acids is 1. The predicted molar refractivity (Wildman–Crippen MR) is 88.1 cm³/mol. The summed E-state index contributed by atoms with van der Waals surface area (Å²) in [6.45, 7) is 0.961. The lowest BCUT2D eigenvalue weighted by Gasteiger charge is -2.33. The molecule has 2 saturated heterocycles. The number of piperidine rings is 1. The smallest absolute Gasteiger partial charge is 0.326 e. The minimum Gasteiger partial charge on any atom is -0.480 e. The molecule has 2 aliphatic rings. The van der Waals surface area contributed by atoms with E-state index in [0.29, 0.717) is 32.2 Å². The molecule has 0 spiro atoms. The average molecular weight is 367 g/mol. The molecule has 3 rings (SSSR count). The molecule has 1 aromatic heterocycles. The average Bonchev–Trinajstić information content (AvgIpc) is 3.12. The van der Waals surface area contributed by atoms with Crippen LogP contribution >= 0.6 is 0 Å². The fourth-order valence-corrected chi connectivity index (χ4v) is 4.95. The molecule has 1 amide bonds. The van der Waals surface area contributed by atoms with E-state index in [9.17, 15) is 23.1 Å². The molecule has 9 heteroatoms. The first-order valence-corrected chi connectivity index (χ1v) is 9.78. The number of likely N-dealkylation sites (tertiary alicyclic amines) is 1. The molecular weight excluding hydrogens is 346 g/mol. The number of carbonyl (C=O) groups is 2. The number of carboxylic acids is 1. The van der Waals surface area contributed by atoms with Crippen LogP contribution in [0.25, 0.3) is 0 Å². The Morgan fingerprint density at radius 3 is 2.48 bits per heavy atom. The summed E-state index contributed by atoms with van der Waals surface area (Å²) >= 11 is 0. The molecule has 0 saturated carbocycles. The lowest BCUT2D eigenvalue weighted by molar-refractivity contribution is -0.150. The maximum absolute atomic E-state index is 12.6. The zero-order chi connectivity index (χ0) is 18.0. The zero-order valence-corrected chi connectivity index (χ0v) is 14.6. The van der Waals surface area contributed by atoms with Gasteiger partial charge in [-0.05, 0) is 37.8 Å². The Morgan fingerprint density at radius 1 is 1.16 bits per heavy atom. The highest BCUT2D eigenvalue weighted by Gasteiger charge is 2.39.